The maximum atomic E-state index is 13.7. The van der Waals surface area contributed by atoms with E-state index in [1.54, 1.807) is 34.4 Å². The molecule has 0 saturated heterocycles. The van der Waals surface area contributed by atoms with Crippen LogP contribution in [0, 0.1) is 11.6 Å². The van der Waals surface area contributed by atoms with Crippen LogP contribution in [0.5, 0.6) is 5.75 Å². The molecule has 178 valence electrons. The summed E-state index contributed by atoms with van der Waals surface area (Å²) in [5, 5.41) is 2.00. The van der Waals surface area contributed by atoms with Crippen molar-refractivity contribution in [3.8, 4) is 5.75 Å². The van der Waals surface area contributed by atoms with Gasteiger partial charge in [0.05, 0.1) is 6.04 Å². The van der Waals surface area contributed by atoms with Crippen LogP contribution in [-0.2, 0) is 11.2 Å². The summed E-state index contributed by atoms with van der Waals surface area (Å²) in [6.45, 7) is 2.93. The van der Waals surface area contributed by atoms with Crippen LogP contribution < -0.4 is 4.74 Å². The number of benzene rings is 2. The van der Waals surface area contributed by atoms with Crippen molar-refractivity contribution in [1.29, 1.82) is 0 Å². The Morgan fingerprint density at radius 3 is 2.65 bits per heavy atom. The summed E-state index contributed by atoms with van der Waals surface area (Å²) in [5.74, 6) is -0.886. The second-order valence-corrected chi connectivity index (χ2v) is 9.15. The monoisotopic (exact) mass is 484 g/mol. The number of hydrogen-bond donors (Lipinski definition) is 0. The molecule has 0 spiro atoms. The van der Waals surface area contributed by atoms with Crippen molar-refractivity contribution in [2.75, 3.05) is 26.2 Å². The molecule has 0 fully saturated rings. The van der Waals surface area contributed by atoms with Crippen LogP contribution in [0.3, 0.4) is 0 Å². The van der Waals surface area contributed by atoms with E-state index in [0.29, 0.717) is 25.3 Å². The van der Waals surface area contributed by atoms with E-state index in [1.807, 2.05) is 18.4 Å². The maximum Gasteiger partial charge on any atom is 0.254 e. The van der Waals surface area contributed by atoms with Gasteiger partial charge >= 0.3 is 0 Å². The first kappa shape index (κ1) is 23.9. The number of carbonyl (C=O) groups excluding carboxylic acids is 2. The summed E-state index contributed by atoms with van der Waals surface area (Å²) in [6.07, 6.45) is 1.40. The quantitative estimate of drug-likeness (QED) is 0.448. The Balaban J connectivity index is 1.51. The minimum Gasteiger partial charge on any atom is -0.491 e. The van der Waals surface area contributed by atoms with Crippen LogP contribution in [0.2, 0.25) is 0 Å². The molecule has 2 aromatic carbocycles. The lowest BCUT2D eigenvalue weighted by Crippen LogP contribution is -2.48. The van der Waals surface area contributed by atoms with E-state index in [0.717, 1.165) is 12.0 Å². The Morgan fingerprint density at radius 1 is 1.12 bits per heavy atom. The molecule has 0 radical (unpaired) electrons. The van der Waals surface area contributed by atoms with Crippen molar-refractivity contribution >= 4 is 23.2 Å². The molecular formula is C26H26F2N2O3S. The summed E-state index contributed by atoms with van der Waals surface area (Å²) in [4.78, 5) is 30.9. The van der Waals surface area contributed by atoms with Gasteiger partial charge in [0.2, 0.25) is 5.91 Å². The van der Waals surface area contributed by atoms with E-state index in [-0.39, 0.29) is 42.4 Å². The van der Waals surface area contributed by atoms with E-state index >= 15 is 0 Å². The van der Waals surface area contributed by atoms with Crippen LogP contribution in [0.4, 0.5) is 8.78 Å². The van der Waals surface area contributed by atoms with Crippen molar-refractivity contribution in [1.82, 2.24) is 9.80 Å². The van der Waals surface area contributed by atoms with Gasteiger partial charge in [-0.05, 0) is 72.3 Å². The highest BCUT2D eigenvalue weighted by molar-refractivity contribution is 7.10. The summed E-state index contributed by atoms with van der Waals surface area (Å²) >= 11 is 1.65. The maximum absolute atomic E-state index is 13.7. The number of hydrogen-bond acceptors (Lipinski definition) is 4. The Bertz CT molecular complexity index is 1150. The minimum atomic E-state index is -0.493. The van der Waals surface area contributed by atoms with Gasteiger partial charge < -0.3 is 14.5 Å². The summed E-state index contributed by atoms with van der Waals surface area (Å²) < 4.78 is 32.8. The Kier molecular flexibility index (Phi) is 7.57. The Hall–Kier alpha value is -3.26. The molecule has 34 heavy (non-hydrogen) atoms. The predicted octanol–water partition coefficient (Wildman–Crippen LogP) is 5.08. The first-order valence-corrected chi connectivity index (χ1v) is 12.1. The van der Waals surface area contributed by atoms with Crippen LogP contribution >= 0.6 is 11.3 Å². The molecule has 8 heteroatoms. The molecule has 0 unspecified atom stereocenters. The van der Waals surface area contributed by atoms with Crippen molar-refractivity contribution in [2.24, 2.45) is 0 Å². The molecule has 5 nitrogen and oxygen atoms in total. The van der Waals surface area contributed by atoms with Crippen molar-refractivity contribution in [2.45, 2.75) is 25.8 Å². The first-order chi connectivity index (χ1) is 16.5. The second kappa shape index (κ2) is 10.8. The molecule has 1 aliphatic heterocycles. The number of nitrogens with zero attached hydrogens (tertiary/aromatic N) is 2. The molecule has 0 saturated carbocycles. The summed E-state index contributed by atoms with van der Waals surface area (Å²) in [5.41, 5.74) is 1.25. The van der Waals surface area contributed by atoms with Gasteiger partial charge in [-0.2, -0.15) is 0 Å². The molecule has 2 amide bonds. The number of thiophene rings is 1. The lowest BCUT2D eigenvalue weighted by atomic mass is 10.0. The Labute approximate surface area is 201 Å². The second-order valence-electron chi connectivity index (χ2n) is 8.15. The highest BCUT2D eigenvalue weighted by atomic mass is 32.1. The molecule has 4 rings (SSSR count). The van der Waals surface area contributed by atoms with Gasteiger partial charge in [0.1, 0.15) is 30.5 Å². The zero-order valence-electron chi connectivity index (χ0n) is 18.9. The number of amides is 2. The van der Waals surface area contributed by atoms with Crippen LogP contribution in [0.25, 0.3) is 0 Å². The SMILES string of the molecule is CCCN(CC(=O)N1CCc2sccc2[C@@H]1COc1ccc(F)cc1)C(=O)c1cccc(F)c1. The molecule has 3 aromatic rings. The van der Waals surface area contributed by atoms with Gasteiger partial charge in [-0.25, -0.2) is 8.78 Å². The van der Waals surface area contributed by atoms with Crippen LogP contribution in [0.15, 0.2) is 60.0 Å². The fourth-order valence-electron chi connectivity index (χ4n) is 4.16. The largest absolute Gasteiger partial charge is 0.491 e. The third-order valence-electron chi connectivity index (χ3n) is 5.82. The summed E-state index contributed by atoms with van der Waals surface area (Å²) in [7, 11) is 0. The van der Waals surface area contributed by atoms with Gasteiger partial charge in [0.25, 0.3) is 5.91 Å². The Morgan fingerprint density at radius 2 is 1.91 bits per heavy atom. The van der Waals surface area contributed by atoms with E-state index in [4.69, 9.17) is 4.74 Å². The molecule has 0 bridgehead atoms. The average Bonchev–Trinajstić information content (AvgIpc) is 3.32. The lowest BCUT2D eigenvalue weighted by Gasteiger charge is -2.37. The van der Waals surface area contributed by atoms with E-state index in [1.165, 1.54) is 40.1 Å². The van der Waals surface area contributed by atoms with Gasteiger partial charge in [0.15, 0.2) is 0 Å². The molecule has 1 atom stereocenters. The zero-order chi connectivity index (χ0) is 24.1. The predicted molar refractivity (Wildman–Crippen MR) is 127 cm³/mol. The standard InChI is InChI=1S/C26H26F2N2O3S/c1-2-12-29(26(32)18-4-3-5-20(28)15-18)16-25(31)30-13-10-24-22(11-14-34-24)23(30)17-33-21-8-6-19(27)7-9-21/h3-9,11,14-15,23H,2,10,12-13,16-17H2,1H3/t23-/m0/s1. The smallest absolute Gasteiger partial charge is 0.254 e. The number of fused-ring (bicyclic) bond motifs is 1. The van der Waals surface area contributed by atoms with Crippen molar-refractivity contribution in [3.05, 3.63) is 87.6 Å². The summed E-state index contributed by atoms with van der Waals surface area (Å²) in [6, 6.07) is 13.0. The molecule has 0 aliphatic carbocycles. The fourth-order valence-corrected chi connectivity index (χ4v) is 5.09. The normalized spacial score (nSPS) is 15.0. The first-order valence-electron chi connectivity index (χ1n) is 11.2. The number of carbonyl (C=O) groups is 2. The topological polar surface area (TPSA) is 49.9 Å². The molecule has 1 aromatic heterocycles. The van der Waals surface area contributed by atoms with E-state index in [2.05, 4.69) is 0 Å². The molecule has 2 heterocycles. The number of halogens is 2. The number of rotatable bonds is 8. The van der Waals surface area contributed by atoms with Crippen molar-refractivity contribution in [3.63, 3.8) is 0 Å². The highest BCUT2D eigenvalue weighted by Crippen LogP contribution is 2.34. The third-order valence-corrected chi connectivity index (χ3v) is 6.81. The van der Waals surface area contributed by atoms with Gasteiger partial charge in [-0.15, -0.1) is 11.3 Å². The van der Waals surface area contributed by atoms with Crippen LogP contribution in [0.1, 0.15) is 40.2 Å². The third kappa shape index (κ3) is 5.44. The average molecular weight is 485 g/mol. The van der Waals surface area contributed by atoms with Gasteiger partial charge in [-0.3, -0.25) is 9.59 Å². The van der Waals surface area contributed by atoms with E-state index in [9.17, 15) is 18.4 Å². The lowest BCUT2D eigenvalue weighted by molar-refractivity contribution is -0.135. The van der Waals surface area contributed by atoms with E-state index < -0.39 is 5.82 Å². The van der Waals surface area contributed by atoms with Gasteiger partial charge in [-0.1, -0.05) is 13.0 Å². The van der Waals surface area contributed by atoms with Gasteiger partial charge in [0, 0.05) is 23.5 Å². The molecular weight excluding hydrogens is 458 g/mol. The molecule has 0 N–H and O–H groups in total. The highest BCUT2D eigenvalue weighted by Gasteiger charge is 2.33. The number of ether oxygens (including phenoxy) is 1. The molecule has 1 aliphatic rings. The fraction of sp³-hybridized carbons (Fsp3) is 0.308. The minimum absolute atomic E-state index is 0.101. The van der Waals surface area contributed by atoms with Crippen LogP contribution in [-0.4, -0.2) is 47.9 Å². The van der Waals surface area contributed by atoms with Crippen molar-refractivity contribution < 1.29 is 23.1 Å². The zero-order valence-corrected chi connectivity index (χ0v) is 19.7.